The van der Waals surface area contributed by atoms with E-state index in [4.69, 9.17) is 5.11 Å². The standard InChI is InChI=1S/C9H10INO2/c10-11-8(6-12)5-7-1-3-9(13)4-2-7/h1-4,6,8,11,13H,5H2. The Morgan fingerprint density at radius 2 is 2.08 bits per heavy atom. The van der Waals surface area contributed by atoms with Gasteiger partial charge in [0.1, 0.15) is 12.0 Å². The predicted octanol–water partition coefficient (Wildman–Crippen LogP) is 1.44. The van der Waals surface area contributed by atoms with Gasteiger partial charge in [0.25, 0.3) is 0 Å². The number of rotatable bonds is 4. The maximum absolute atomic E-state index is 10.5. The highest BCUT2D eigenvalue weighted by atomic mass is 127. The van der Waals surface area contributed by atoms with Gasteiger partial charge < -0.3 is 9.90 Å². The summed E-state index contributed by atoms with van der Waals surface area (Å²) >= 11 is 1.95. The lowest BCUT2D eigenvalue weighted by molar-refractivity contribution is -0.109. The Balaban J connectivity index is 2.63. The molecule has 0 saturated carbocycles. The van der Waals surface area contributed by atoms with Crippen LogP contribution in [-0.4, -0.2) is 17.4 Å². The normalized spacial score (nSPS) is 12.4. The Bertz CT molecular complexity index is 273. The monoisotopic (exact) mass is 291 g/mol. The summed E-state index contributed by atoms with van der Waals surface area (Å²) in [6.45, 7) is 0. The number of phenols is 1. The van der Waals surface area contributed by atoms with E-state index in [1.165, 1.54) is 0 Å². The summed E-state index contributed by atoms with van der Waals surface area (Å²) in [7, 11) is 0. The van der Waals surface area contributed by atoms with Gasteiger partial charge in [-0.1, -0.05) is 12.1 Å². The second kappa shape index (κ2) is 5.18. The van der Waals surface area contributed by atoms with Gasteiger partial charge in [-0.25, -0.2) is 0 Å². The number of halogens is 1. The van der Waals surface area contributed by atoms with Crippen molar-refractivity contribution in [3.63, 3.8) is 0 Å². The number of benzene rings is 1. The fourth-order valence-corrected chi connectivity index (χ4v) is 1.37. The van der Waals surface area contributed by atoms with Crippen molar-refractivity contribution in [3.05, 3.63) is 29.8 Å². The molecule has 0 aromatic heterocycles. The Kier molecular flexibility index (Phi) is 4.17. The summed E-state index contributed by atoms with van der Waals surface area (Å²) in [4.78, 5) is 10.5. The average molecular weight is 291 g/mol. The van der Waals surface area contributed by atoms with Crippen LogP contribution in [-0.2, 0) is 11.2 Å². The van der Waals surface area contributed by atoms with Gasteiger partial charge in [0.15, 0.2) is 0 Å². The van der Waals surface area contributed by atoms with E-state index in [9.17, 15) is 4.79 Å². The molecule has 0 fully saturated rings. The first-order chi connectivity index (χ1) is 6.26. The molecule has 70 valence electrons. The molecule has 0 aliphatic carbocycles. The van der Waals surface area contributed by atoms with Crippen molar-refractivity contribution in [3.8, 4) is 5.75 Å². The summed E-state index contributed by atoms with van der Waals surface area (Å²) < 4.78 is 2.85. The van der Waals surface area contributed by atoms with Gasteiger partial charge in [0, 0.05) is 22.9 Å². The number of hydrogen-bond acceptors (Lipinski definition) is 3. The van der Waals surface area contributed by atoms with Crippen LogP contribution in [0.25, 0.3) is 0 Å². The summed E-state index contributed by atoms with van der Waals surface area (Å²) in [5.41, 5.74) is 1.03. The van der Waals surface area contributed by atoms with Crippen molar-refractivity contribution >= 4 is 29.2 Å². The highest BCUT2D eigenvalue weighted by Gasteiger charge is 2.05. The molecule has 0 amide bonds. The third-order valence-electron chi connectivity index (χ3n) is 1.70. The smallest absolute Gasteiger partial charge is 0.137 e. The predicted molar refractivity (Wildman–Crippen MR) is 58.8 cm³/mol. The molecular formula is C9H10INO2. The van der Waals surface area contributed by atoms with Crippen molar-refractivity contribution < 1.29 is 9.90 Å². The Morgan fingerprint density at radius 3 is 2.54 bits per heavy atom. The number of nitrogens with one attached hydrogen (secondary N) is 1. The van der Waals surface area contributed by atoms with Crippen LogP contribution in [0.5, 0.6) is 5.75 Å². The van der Waals surface area contributed by atoms with E-state index in [0.717, 1.165) is 11.8 Å². The molecule has 0 heterocycles. The lowest BCUT2D eigenvalue weighted by atomic mass is 10.1. The topological polar surface area (TPSA) is 49.3 Å². The quantitative estimate of drug-likeness (QED) is 0.501. The second-order valence-corrected chi connectivity index (χ2v) is 3.35. The lowest BCUT2D eigenvalue weighted by Gasteiger charge is -2.06. The molecule has 3 nitrogen and oxygen atoms in total. The highest BCUT2D eigenvalue weighted by molar-refractivity contribution is 14.1. The maximum Gasteiger partial charge on any atom is 0.137 e. The van der Waals surface area contributed by atoms with Crippen LogP contribution in [0.1, 0.15) is 5.56 Å². The van der Waals surface area contributed by atoms with E-state index in [-0.39, 0.29) is 11.8 Å². The zero-order chi connectivity index (χ0) is 9.68. The molecular weight excluding hydrogens is 281 g/mol. The van der Waals surface area contributed by atoms with Gasteiger partial charge in [-0.15, -0.1) is 0 Å². The van der Waals surface area contributed by atoms with Crippen LogP contribution in [0.3, 0.4) is 0 Å². The van der Waals surface area contributed by atoms with Crippen LogP contribution in [0.4, 0.5) is 0 Å². The summed E-state index contributed by atoms with van der Waals surface area (Å²) in [5, 5.41) is 9.02. The van der Waals surface area contributed by atoms with E-state index in [2.05, 4.69) is 3.53 Å². The average Bonchev–Trinajstić information content (AvgIpc) is 2.17. The number of carbonyl (C=O) groups is 1. The van der Waals surface area contributed by atoms with Crippen molar-refractivity contribution in [1.82, 2.24) is 3.53 Å². The molecule has 4 heteroatoms. The van der Waals surface area contributed by atoms with Crippen LogP contribution >= 0.6 is 22.9 Å². The molecule has 0 bridgehead atoms. The number of phenolic OH excluding ortho intramolecular Hbond substituents is 1. The maximum atomic E-state index is 10.5. The largest absolute Gasteiger partial charge is 0.508 e. The molecule has 2 N–H and O–H groups in total. The minimum absolute atomic E-state index is 0.162. The minimum Gasteiger partial charge on any atom is -0.508 e. The molecule has 1 unspecified atom stereocenters. The van der Waals surface area contributed by atoms with Crippen LogP contribution in [0.15, 0.2) is 24.3 Å². The van der Waals surface area contributed by atoms with Gasteiger partial charge in [-0.3, -0.25) is 3.53 Å². The Labute approximate surface area is 90.7 Å². The zero-order valence-electron chi connectivity index (χ0n) is 6.90. The van der Waals surface area contributed by atoms with Crippen LogP contribution in [0.2, 0.25) is 0 Å². The number of aldehydes is 1. The van der Waals surface area contributed by atoms with Crippen molar-refractivity contribution in [2.75, 3.05) is 0 Å². The van der Waals surface area contributed by atoms with E-state index >= 15 is 0 Å². The van der Waals surface area contributed by atoms with Gasteiger partial charge in [-0.2, -0.15) is 0 Å². The van der Waals surface area contributed by atoms with E-state index in [1.807, 2.05) is 22.9 Å². The lowest BCUT2D eigenvalue weighted by Crippen LogP contribution is -2.24. The molecule has 0 aliphatic rings. The van der Waals surface area contributed by atoms with E-state index in [1.54, 1.807) is 24.3 Å². The van der Waals surface area contributed by atoms with Crippen molar-refractivity contribution in [2.45, 2.75) is 12.5 Å². The fraction of sp³-hybridized carbons (Fsp3) is 0.222. The Hall–Kier alpha value is -0.620. The summed E-state index contributed by atoms with van der Waals surface area (Å²) in [6, 6.07) is 6.68. The number of carbonyl (C=O) groups excluding carboxylic acids is 1. The molecule has 1 aromatic carbocycles. The molecule has 1 rings (SSSR count). The third kappa shape index (κ3) is 3.31. The summed E-state index contributed by atoms with van der Waals surface area (Å²) in [5.74, 6) is 0.244. The zero-order valence-corrected chi connectivity index (χ0v) is 9.06. The van der Waals surface area contributed by atoms with Gasteiger partial charge in [0.05, 0.1) is 6.04 Å². The molecule has 0 spiro atoms. The molecule has 1 aromatic rings. The second-order valence-electron chi connectivity index (χ2n) is 2.72. The molecule has 1 atom stereocenters. The van der Waals surface area contributed by atoms with Gasteiger partial charge in [-0.05, 0) is 24.1 Å². The van der Waals surface area contributed by atoms with Crippen molar-refractivity contribution in [2.24, 2.45) is 0 Å². The van der Waals surface area contributed by atoms with Crippen LogP contribution in [0, 0.1) is 0 Å². The highest BCUT2D eigenvalue weighted by Crippen LogP contribution is 2.10. The third-order valence-corrected chi connectivity index (χ3v) is 2.50. The molecule has 0 aliphatic heterocycles. The Morgan fingerprint density at radius 1 is 1.46 bits per heavy atom. The fourth-order valence-electron chi connectivity index (χ4n) is 0.998. The number of hydrogen-bond donors (Lipinski definition) is 2. The van der Waals surface area contributed by atoms with Gasteiger partial charge >= 0.3 is 0 Å². The van der Waals surface area contributed by atoms with Gasteiger partial charge in [0.2, 0.25) is 0 Å². The van der Waals surface area contributed by atoms with Crippen molar-refractivity contribution in [1.29, 1.82) is 0 Å². The minimum atomic E-state index is -0.162. The van der Waals surface area contributed by atoms with E-state index < -0.39 is 0 Å². The number of aromatic hydroxyl groups is 1. The first-order valence-electron chi connectivity index (χ1n) is 3.85. The molecule has 0 saturated heterocycles. The first kappa shape index (κ1) is 10.5. The van der Waals surface area contributed by atoms with Crippen LogP contribution < -0.4 is 3.53 Å². The molecule has 13 heavy (non-hydrogen) atoms. The SMILES string of the molecule is O=CC(Cc1ccc(O)cc1)NI. The van der Waals surface area contributed by atoms with E-state index in [0.29, 0.717) is 6.42 Å². The molecule has 0 radical (unpaired) electrons. The first-order valence-corrected chi connectivity index (χ1v) is 4.93. The summed E-state index contributed by atoms with van der Waals surface area (Å²) in [6.07, 6.45) is 1.52.